The second-order valence-electron chi connectivity index (χ2n) is 7.23. The second-order valence-corrected chi connectivity index (χ2v) is 7.23. The Kier molecular flexibility index (Phi) is 4.63. The number of fused-ring (bicyclic) bond motifs is 2. The molecule has 2 aliphatic heterocycles. The maximum atomic E-state index is 13.0. The van der Waals surface area contributed by atoms with Gasteiger partial charge >= 0.3 is 0 Å². The normalized spacial score (nSPS) is 23.3. The van der Waals surface area contributed by atoms with E-state index < -0.39 is 0 Å². The summed E-state index contributed by atoms with van der Waals surface area (Å²) >= 11 is 0. The number of hydrogen-bond acceptors (Lipinski definition) is 4. The molecule has 0 saturated carbocycles. The largest absolute Gasteiger partial charge is 0.345 e. The molecule has 2 aromatic rings. The maximum Gasteiger partial charge on any atom is 0.253 e. The van der Waals surface area contributed by atoms with Crippen LogP contribution in [0.3, 0.4) is 0 Å². The van der Waals surface area contributed by atoms with Crippen LogP contribution in [0.5, 0.6) is 0 Å². The number of likely N-dealkylation sites (tertiary alicyclic amines) is 2. The summed E-state index contributed by atoms with van der Waals surface area (Å²) in [5.74, 6) is 0.697. The molecule has 138 valence electrons. The van der Waals surface area contributed by atoms with Crippen molar-refractivity contribution in [2.24, 2.45) is 5.92 Å². The van der Waals surface area contributed by atoms with Crippen molar-refractivity contribution in [1.82, 2.24) is 25.1 Å². The van der Waals surface area contributed by atoms with E-state index in [4.69, 9.17) is 0 Å². The van der Waals surface area contributed by atoms with E-state index in [9.17, 15) is 9.59 Å². The summed E-state index contributed by atoms with van der Waals surface area (Å²) in [4.78, 5) is 36.5. The van der Waals surface area contributed by atoms with Crippen LogP contribution in [0, 0.1) is 5.92 Å². The van der Waals surface area contributed by atoms with Gasteiger partial charge < -0.3 is 20.1 Å². The fourth-order valence-electron chi connectivity index (χ4n) is 4.31. The third kappa shape index (κ3) is 3.07. The molecule has 2 N–H and O–H groups in total. The molecule has 0 bridgehead atoms. The van der Waals surface area contributed by atoms with E-state index in [2.05, 4.69) is 15.3 Å². The summed E-state index contributed by atoms with van der Waals surface area (Å²) in [6, 6.07) is 5.87. The summed E-state index contributed by atoms with van der Waals surface area (Å²) in [7, 11) is 1.91. The van der Waals surface area contributed by atoms with Crippen molar-refractivity contribution in [3.63, 3.8) is 0 Å². The molecule has 0 aliphatic carbocycles. The highest BCUT2D eigenvalue weighted by molar-refractivity contribution is 5.97. The molecule has 26 heavy (non-hydrogen) atoms. The van der Waals surface area contributed by atoms with Crippen LogP contribution in [-0.2, 0) is 4.79 Å². The van der Waals surface area contributed by atoms with E-state index in [1.54, 1.807) is 6.33 Å². The number of nitrogens with zero attached hydrogens (tertiary/aromatic N) is 3. The van der Waals surface area contributed by atoms with Gasteiger partial charge in [-0.25, -0.2) is 4.98 Å². The number of imidazole rings is 1. The molecule has 2 atom stereocenters. The monoisotopic (exact) mass is 355 g/mol. The van der Waals surface area contributed by atoms with Gasteiger partial charge in [-0.2, -0.15) is 0 Å². The van der Waals surface area contributed by atoms with Crippen LogP contribution in [0.25, 0.3) is 11.0 Å². The Bertz CT molecular complexity index is 817. The zero-order valence-electron chi connectivity index (χ0n) is 15.1. The molecule has 2 aliphatic rings. The number of carbonyl (C=O) groups is 2. The Morgan fingerprint density at radius 1 is 1.38 bits per heavy atom. The van der Waals surface area contributed by atoms with Gasteiger partial charge in [-0.05, 0) is 44.0 Å². The van der Waals surface area contributed by atoms with Crippen LogP contribution in [0.2, 0.25) is 0 Å². The number of nitrogens with one attached hydrogen (secondary N) is 2. The molecule has 7 nitrogen and oxygen atoms in total. The molecular formula is C19H25N5O2. The molecule has 2 saturated heterocycles. The van der Waals surface area contributed by atoms with Crippen LogP contribution in [0.1, 0.15) is 29.6 Å². The van der Waals surface area contributed by atoms with E-state index in [-0.39, 0.29) is 17.9 Å². The Balaban J connectivity index is 1.47. The lowest BCUT2D eigenvalue weighted by molar-refractivity contribution is -0.140. The summed E-state index contributed by atoms with van der Waals surface area (Å²) in [5.41, 5.74) is 2.44. The summed E-state index contributed by atoms with van der Waals surface area (Å²) in [6.07, 6.45) is 3.97. The fourth-order valence-corrected chi connectivity index (χ4v) is 4.31. The van der Waals surface area contributed by atoms with Gasteiger partial charge in [-0.1, -0.05) is 0 Å². The predicted molar refractivity (Wildman–Crippen MR) is 98.8 cm³/mol. The van der Waals surface area contributed by atoms with Crippen LogP contribution in [-0.4, -0.2) is 70.9 Å². The van der Waals surface area contributed by atoms with E-state index in [1.165, 1.54) is 0 Å². The van der Waals surface area contributed by atoms with Crippen molar-refractivity contribution in [3.8, 4) is 0 Å². The average molecular weight is 355 g/mol. The first-order valence-electron chi connectivity index (χ1n) is 9.34. The molecule has 2 amide bonds. The Hall–Kier alpha value is -2.41. The Morgan fingerprint density at radius 2 is 2.27 bits per heavy atom. The fraction of sp³-hybridized carbons (Fsp3) is 0.526. The van der Waals surface area contributed by atoms with Gasteiger partial charge in [0.2, 0.25) is 5.91 Å². The van der Waals surface area contributed by atoms with Gasteiger partial charge in [0, 0.05) is 44.2 Å². The maximum absolute atomic E-state index is 13.0. The van der Waals surface area contributed by atoms with Crippen LogP contribution < -0.4 is 5.32 Å². The van der Waals surface area contributed by atoms with Crippen molar-refractivity contribution in [2.45, 2.75) is 25.3 Å². The minimum Gasteiger partial charge on any atom is -0.345 e. The van der Waals surface area contributed by atoms with Crippen LogP contribution >= 0.6 is 0 Å². The summed E-state index contributed by atoms with van der Waals surface area (Å²) in [6.45, 7) is 2.99. The number of hydrogen-bond donors (Lipinski definition) is 2. The lowest BCUT2D eigenvalue weighted by Crippen LogP contribution is -2.57. The van der Waals surface area contributed by atoms with Crippen molar-refractivity contribution >= 4 is 22.8 Å². The molecule has 7 heteroatoms. The van der Waals surface area contributed by atoms with Gasteiger partial charge in [-0.3, -0.25) is 9.59 Å². The predicted octanol–water partition coefficient (Wildman–Crippen LogP) is 1.24. The lowest BCUT2D eigenvalue weighted by atomic mass is 9.83. The minimum atomic E-state index is 0.0682. The van der Waals surface area contributed by atoms with Gasteiger partial charge in [0.1, 0.15) is 0 Å². The molecule has 4 rings (SSSR count). The number of piperidine rings is 2. The average Bonchev–Trinajstić information content (AvgIpc) is 3.14. The van der Waals surface area contributed by atoms with E-state index in [0.29, 0.717) is 24.4 Å². The molecular weight excluding hydrogens is 330 g/mol. The van der Waals surface area contributed by atoms with Gasteiger partial charge in [0.05, 0.1) is 17.4 Å². The minimum absolute atomic E-state index is 0.0682. The molecule has 0 unspecified atom stereocenters. The second kappa shape index (κ2) is 7.07. The van der Waals surface area contributed by atoms with Crippen LogP contribution in [0.15, 0.2) is 24.5 Å². The van der Waals surface area contributed by atoms with Gasteiger partial charge in [-0.15, -0.1) is 0 Å². The van der Waals surface area contributed by atoms with E-state index >= 15 is 0 Å². The van der Waals surface area contributed by atoms with E-state index in [1.807, 2.05) is 35.0 Å². The first-order chi connectivity index (χ1) is 12.7. The van der Waals surface area contributed by atoms with Crippen LogP contribution in [0.4, 0.5) is 0 Å². The van der Waals surface area contributed by atoms with E-state index in [0.717, 1.165) is 43.5 Å². The summed E-state index contributed by atoms with van der Waals surface area (Å²) in [5, 5.41) is 3.13. The molecule has 2 fully saturated rings. The van der Waals surface area contributed by atoms with Gasteiger partial charge in [0.25, 0.3) is 5.91 Å². The Labute approximate surface area is 152 Å². The van der Waals surface area contributed by atoms with Gasteiger partial charge in [0.15, 0.2) is 0 Å². The zero-order chi connectivity index (χ0) is 18.1. The molecule has 0 spiro atoms. The van der Waals surface area contributed by atoms with Crippen molar-refractivity contribution in [3.05, 3.63) is 30.1 Å². The number of carbonyl (C=O) groups excluding carboxylic acids is 2. The molecule has 1 aromatic carbocycles. The number of benzene rings is 1. The van der Waals surface area contributed by atoms with Crippen molar-refractivity contribution in [1.29, 1.82) is 0 Å². The highest BCUT2D eigenvalue weighted by Crippen LogP contribution is 2.31. The number of rotatable bonds is 4. The highest BCUT2D eigenvalue weighted by atomic mass is 16.2. The smallest absolute Gasteiger partial charge is 0.253 e. The summed E-state index contributed by atoms with van der Waals surface area (Å²) < 4.78 is 0. The molecule has 3 heterocycles. The van der Waals surface area contributed by atoms with Crippen molar-refractivity contribution < 1.29 is 9.59 Å². The first kappa shape index (κ1) is 17.0. The topological polar surface area (TPSA) is 81.3 Å². The number of likely N-dealkylation sites (N-methyl/N-ethyl adjacent to an activating group) is 1. The number of H-pyrrole nitrogens is 1. The Morgan fingerprint density at radius 3 is 3.12 bits per heavy atom. The molecule has 1 aromatic heterocycles. The highest BCUT2D eigenvalue weighted by Gasteiger charge is 2.40. The number of amides is 2. The molecule has 0 radical (unpaired) electrons. The van der Waals surface area contributed by atoms with Crippen molar-refractivity contribution in [2.75, 3.05) is 33.2 Å². The standard InChI is InChI=1S/C19H25N5O2/c1-20-7-9-24-17-6-8-23(11-14(17)3-5-18(24)25)19(26)13-2-4-15-16(10-13)22-12-21-15/h2,4,10,12,14,17,20H,3,5-9,11H2,1H3,(H,21,22)/t14-,17+/m0/s1. The number of aromatic nitrogens is 2. The first-order valence-corrected chi connectivity index (χ1v) is 9.34. The lowest BCUT2D eigenvalue weighted by Gasteiger charge is -2.47. The third-order valence-electron chi connectivity index (χ3n) is 5.70. The number of aromatic amines is 1. The zero-order valence-corrected chi connectivity index (χ0v) is 15.1. The quantitative estimate of drug-likeness (QED) is 0.864. The SMILES string of the molecule is CNCCN1C(=O)CC[C@H]2CN(C(=O)c3ccc4nc[nH]c4c3)CC[C@H]21. The third-order valence-corrected chi connectivity index (χ3v) is 5.70.